The van der Waals surface area contributed by atoms with Crippen molar-refractivity contribution in [2.24, 2.45) is 0 Å². The number of nitrogens with one attached hydrogen (secondary N) is 2. The average Bonchev–Trinajstić information content (AvgIpc) is 2.67. The van der Waals surface area contributed by atoms with E-state index >= 15 is 0 Å². The molecule has 0 aliphatic carbocycles. The van der Waals surface area contributed by atoms with Crippen LogP contribution in [0.15, 0.2) is 36.4 Å². The highest BCUT2D eigenvalue weighted by Crippen LogP contribution is 2.19. The van der Waals surface area contributed by atoms with Crippen molar-refractivity contribution in [3.63, 3.8) is 0 Å². The summed E-state index contributed by atoms with van der Waals surface area (Å²) in [6.07, 6.45) is 0. The van der Waals surface area contributed by atoms with Gasteiger partial charge >= 0.3 is 0 Å². The Morgan fingerprint density at radius 3 is 1.50 bits per heavy atom. The first-order valence-electron chi connectivity index (χ1n) is 8.10. The molecule has 0 aliphatic rings. The Kier molecular flexibility index (Phi) is 8.65. The van der Waals surface area contributed by atoms with Crippen LogP contribution in [0.25, 0.3) is 0 Å². The molecule has 2 N–H and O–H groups in total. The minimum atomic E-state index is -1.19. The number of amides is 2. The fraction of sp³-hybridized carbons (Fsp3) is 0.222. The summed E-state index contributed by atoms with van der Waals surface area (Å²) >= 11 is 0. The van der Waals surface area contributed by atoms with E-state index in [1.807, 2.05) is 0 Å². The summed E-state index contributed by atoms with van der Waals surface area (Å²) in [4.78, 5) is 23.6. The summed E-state index contributed by atoms with van der Waals surface area (Å²) in [5, 5.41) is 4.96. The summed E-state index contributed by atoms with van der Waals surface area (Å²) < 4.78 is 53.1. The zero-order valence-corrected chi connectivity index (χ0v) is 16.1. The average molecular weight is 432 g/mol. The smallest absolute Gasteiger partial charge is 0.254 e. The largest absolute Gasteiger partial charge is 0.351 e. The van der Waals surface area contributed by atoms with Crippen molar-refractivity contribution in [3.8, 4) is 0 Å². The van der Waals surface area contributed by atoms with Crippen molar-refractivity contribution in [3.05, 3.63) is 70.8 Å². The monoisotopic (exact) mass is 432 g/mol. The minimum absolute atomic E-state index is 0.243. The van der Waals surface area contributed by atoms with Gasteiger partial charge < -0.3 is 10.6 Å². The molecule has 0 aliphatic heterocycles. The molecule has 150 valence electrons. The van der Waals surface area contributed by atoms with Crippen LogP contribution in [0.2, 0.25) is 0 Å². The Labute approximate surface area is 166 Å². The Morgan fingerprint density at radius 2 is 1.11 bits per heavy atom. The van der Waals surface area contributed by atoms with Crippen LogP contribution in [0.5, 0.6) is 0 Å². The van der Waals surface area contributed by atoms with Gasteiger partial charge in [-0.3, -0.25) is 9.59 Å². The topological polar surface area (TPSA) is 58.2 Å². The Bertz CT molecular complexity index is 783. The molecule has 0 bridgehead atoms. The summed E-state index contributed by atoms with van der Waals surface area (Å²) in [7, 11) is 2.80. The number of carbonyl (C=O) groups is 2. The van der Waals surface area contributed by atoms with E-state index in [0.29, 0.717) is 11.5 Å². The van der Waals surface area contributed by atoms with Gasteiger partial charge in [0.1, 0.15) is 0 Å². The third kappa shape index (κ3) is 6.16. The molecular formula is C18H16F4N2O2S2. The maximum Gasteiger partial charge on any atom is 0.254 e. The van der Waals surface area contributed by atoms with Gasteiger partial charge in [-0.15, -0.1) is 0 Å². The van der Waals surface area contributed by atoms with Crippen molar-refractivity contribution < 1.29 is 27.2 Å². The molecule has 0 atom stereocenters. The van der Waals surface area contributed by atoms with E-state index in [1.54, 1.807) is 0 Å². The number of halogens is 4. The lowest BCUT2D eigenvalue weighted by Crippen LogP contribution is -2.27. The van der Waals surface area contributed by atoms with E-state index in [0.717, 1.165) is 12.1 Å². The van der Waals surface area contributed by atoms with Gasteiger partial charge in [-0.2, -0.15) is 0 Å². The van der Waals surface area contributed by atoms with Crippen LogP contribution in [0.1, 0.15) is 20.7 Å². The SMILES string of the molecule is O=C(NCCSSCCNC(=O)c1cccc(F)c1F)c1cccc(F)c1F. The summed E-state index contributed by atoms with van der Waals surface area (Å²) in [5.41, 5.74) is -0.713. The standard InChI is InChI=1S/C18H16F4N2O2S2/c19-13-5-1-3-11(15(13)21)17(25)23-7-9-27-28-10-8-24-18(26)12-4-2-6-14(20)16(12)22/h1-6H,7-10H2,(H,23,25)(H,24,26). The molecule has 4 nitrogen and oxygen atoms in total. The molecule has 2 rings (SSSR count). The van der Waals surface area contributed by atoms with Gasteiger partial charge in [-0.05, 0) is 24.3 Å². The first-order valence-corrected chi connectivity index (χ1v) is 10.6. The molecule has 0 saturated carbocycles. The first-order chi connectivity index (χ1) is 13.4. The zero-order valence-electron chi connectivity index (χ0n) is 14.4. The summed E-state index contributed by atoms with van der Waals surface area (Å²) in [6, 6.07) is 6.75. The van der Waals surface area contributed by atoms with Crippen molar-refractivity contribution in [2.75, 3.05) is 24.6 Å². The number of hydrogen-bond acceptors (Lipinski definition) is 4. The van der Waals surface area contributed by atoms with Crippen molar-refractivity contribution in [1.82, 2.24) is 10.6 Å². The third-order valence-electron chi connectivity index (χ3n) is 3.42. The van der Waals surface area contributed by atoms with Crippen molar-refractivity contribution in [2.45, 2.75) is 0 Å². The summed E-state index contributed by atoms with van der Waals surface area (Å²) in [6.45, 7) is 0.487. The lowest BCUT2D eigenvalue weighted by atomic mass is 10.2. The third-order valence-corrected chi connectivity index (χ3v) is 5.83. The normalized spacial score (nSPS) is 10.6. The molecule has 0 heterocycles. The van der Waals surface area contributed by atoms with E-state index in [9.17, 15) is 27.2 Å². The first kappa shape index (κ1) is 22.1. The van der Waals surface area contributed by atoms with E-state index in [1.165, 1.54) is 45.9 Å². The Morgan fingerprint density at radius 1 is 0.714 bits per heavy atom. The molecule has 2 aromatic rings. The van der Waals surface area contributed by atoms with Crippen LogP contribution in [0.4, 0.5) is 17.6 Å². The van der Waals surface area contributed by atoms with Crippen LogP contribution in [0.3, 0.4) is 0 Å². The maximum atomic E-state index is 13.5. The second-order valence-corrected chi connectivity index (χ2v) is 8.06. The highest BCUT2D eigenvalue weighted by Gasteiger charge is 2.15. The van der Waals surface area contributed by atoms with E-state index < -0.39 is 35.1 Å². The molecule has 10 heteroatoms. The van der Waals surface area contributed by atoms with Crippen LogP contribution >= 0.6 is 21.6 Å². The molecule has 0 fully saturated rings. The molecule has 0 unspecified atom stereocenters. The van der Waals surface area contributed by atoms with Gasteiger partial charge in [0, 0.05) is 24.6 Å². The molecule has 28 heavy (non-hydrogen) atoms. The van der Waals surface area contributed by atoms with Gasteiger partial charge in [0.25, 0.3) is 11.8 Å². The Hall–Kier alpha value is -2.20. The number of carbonyl (C=O) groups excluding carboxylic acids is 2. The predicted octanol–water partition coefficient (Wildman–Crippen LogP) is 3.78. The predicted molar refractivity (Wildman–Crippen MR) is 102 cm³/mol. The molecule has 0 spiro atoms. The van der Waals surface area contributed by atoms with Gasteiger partial charge in [0.2, 0.25) is 0 Å². The number of hydrogen-bond donors (Lipinski definition) is 2. The van der Waals surface area contributed by atoms with Crippen molar-refractivity contribution in [1.29, 1.82) is 0 Å². The van der Waals surface area contributed by atoms with Crippen LogP contribution in [0, 0.1) is 23.3 Å². The fourth-order valence-electron chi connectivity index (χ4n) is 2.08. The van der Waals surface area contributed by atoms with Gasteiger partial charge in [0.15, 0.2) is 23.3 Å². The van der Waals surface area contributed by atoms with Crippen molar-refractivity contribution >= 4 is 33.4 Å². The minimum Gasteiger partial charge on any atom is -0.351 e. The van der Waals surface area contributed by atoms with Gasteiger partial charge in [-0.25, -0.2) is 17.6 Å². The second-order valence-electron chi connectivity index (χ2n) is 5.36. The highest BCUT2D eigenvalue weighted by molar-refractivity contribution is 8.76. The highest BCUT2D eigenvalue weighted by atomic mass is 33.1. The lowest BCUT2D eigenvalue weighted by molar-refractivity contribution is 0.0942. The second kappa shape index (κ2) is 11.0. The maximum absolute atomic E-state index is 13.5. The fourth-order valence-corrected chi connectivity index (χ4v) is 3.89. The molecular weight excluding hydrogens is 416 g/mol. The van der Waals surface area contributed by atoms with Crippen LogP contribution in [-0.2, 0) is 0 Å². The molecule has 2 aromatic carbocycles. The number of benzene rings is 2. The lowest BCUT2D eigenvalue weighted by Gasteiger charge is -2.07. The molecule has 0 aromatic heterocycles. The quantitative estimate of drug-likeness (QED) is 0.360. The molecule has 0 saturated heterocycles. The van der Waals surface area contributed by atoms with E-state index in [4.69, 9.17) is 0 Å². The van der Waals surface area contributed by atoms with Gasteiger partial charge in [0.05, 0.1) is 11.1 Å². The van der Waals surface area contributed by atoms with Crippen LogP contribution in [-0.4, -0.2) is 36.4 Å². The Balaban J connectivity index is 1.60. The van der Waals surface area contributed by atoms with E-state index in [-0.39, 0.29) is 24.2 Å². The summed E-state index contributed by atoms with van der Waals surface area (Å²) in [5.74, 6) is -4.95. The molecule has 0 radical (unpaired) electrons. The molecule has 2 amide bonds. The van der Waals surface area contributed by atoms with Crippen LogP contribution < -0.4 is 10.6 Å². The zero-order chi connectivity index (χ0) is 20.5. The van der Waals surface area contributed by atoms with Gasteiger partial charge in [-0.1, -0.05) is 33.7 Å². The number of rotatable bonds is 9. The van der Waals surface area contributed by atoms with E-state index in [2.05, 4.69) is 10.6 Å².